The van der Waals surface area contributed by atoms with Gasteiger partial charge in [-0.05, 0) is 30.3 Å². The van der Waals surface area contributed by atoms with Gasteiger partial charge in [0.2, 0.25) is 15.9 Å². The standard InChI is InChI=1S/C20H25N3O5S/c1-4-23(5-2)29(26,27)16-11-12-18(28-3)17(13-16)22-19(24)14-21-20(25)15-9-7-6-8-10-15/h6-13H,4-5,14H2,1-3H3,(H,21,25)(H,22,24). The predicted molar refractivity (Wildman–Crippen MR) is 111 cm³/mol. The molecule has 8 nitrogen and oxygen atoms in total. The molecule has 2 rings (SSSR count). The summed E-state index contributed by atoms with van der Waals surface area (Å²) in [5.41, 5.74) is 0.643. The molecule has 0 unspecified atom stereocenters. The van der Waals surface area contributed by atoms with Crippen LogP contribution in [0.2, 0.25) is 0 Å². The molecule has 2 amide bonds. The summed E-state index contributed by atoms with van der Waals surface area (Å²) in [5.74, 6) is -0.582. The van der Waals surface area contributed by atoms with Crippen molar-refractivity contribution < 1.29 is 22.7 Å². The fraction of sp³-hybridized carbons (Fsp3) is 0.300. The number of carbonyl (C=O) groups excluding carboxylic acids is 2. The Morgan fingerprint density at radius 3 is 2.28 bits per heavy atom. The zero-order valence-electron chi connectivity index (χ0n) is 16.6. The molecule has 0 atom stereocenters. The topological polar surface area (TPSA) is 105 Å². The zero-order chi connectivity index (χ0) is 21.4. The third-order valence-electron chi connectivity index (χ3n) is 4.23. The first-order valence-corrected chi connectivity index (χ1v) is 10.6. The van der Waals surface area contributed by atoms with Gasteiger partial charge in [0.15, 0.2) is 0 Å². The molecule has 2 N–H and O–H groups in total. The molecule has 0 heterocycles. The Bertz CT molecular complexity index is 957. The van der Waals surface area contributed by atoms with Gasteiger partial charge in [0, 0.05) is 18.7 Å². The molecule has 0 spiro atoms. The average molecular weight is 420 g/mol. The normalized spacial score (nSPS) is 11.2. The van der Waals surface area contributed by atoms with Crippen molar-refractivity contribution in [2.24, 2.45) is 0 Å². The van der Waals surface area contributed by atoms with Crippen molar-refractivity contribution in [2.45, 2.75) is 18.7 Å². The summed E-state index contributed by atoms with van der Waals surface area (Å²) in [6.45, 7) is 3.89. The van der Waals surface area contributed by atoms with Crippen LogP contribution >= 0.6 is 0 Å². The summed E-state index contributed by atoms with van der Waals surface area (Å²) in [4.78, 5) is 24.4. The van der Waals surface area contributed by atoms with E-state index in [1.807, 2.05) is 0 Å². The number of ether oxygens (including phenoxy) is 1. The fourth-order valence-corrected chi connectivity index (χ4v) is 4.19. The number of methoxy groups -OCH3 is 1. The van der Waals surface area contributed by atoms with Crippen molar-refractivity contribution in [3.63, 3.8) is 0 Å². The molecule has 2 aromatic carbocycles. The van der Waals surface area contributed by atoms with E-state index in [4.69, 9.17) is 4.74 Å². The Morgan fingerprint density at radius 2 is 1.69 bits per heavy atom. The van der Waals surface area contributed by atoms with Gasteiger partial charge in [0.25, 0.3) is 5.91 Å². The van der Waals surface area contributed by atoms with E-state index < -0.39 is 15.9 Å². The lowest BCUT2D eigenvalue weighted by Gasteiger charge is -2.19. The lowest BCUT2D eigenvalue weighted by atomic mass is 10.2. The van der Waals surface area contributed by atoms with Crippen LogP contribution in [0.4, 0.5) is 5.69 Å². The summed E-state index contributed by atoms with van der Waals surface area (Å²) in [6, 6.07) is 12.8. The maximum absolute atomic E-state index is 12.7. The third kappa shape index (κ3) is 5.55. The van der Waals surface area contributed by atoms with Gasteiger partial charge in [-0.2, -0.15) is 4.31 Å². The molecular weight excluding hydrogens is 394 g/mol. The van der Waals surface area contributed by atoms with Crippen LogP contribution in [0.1, 0.15) is 24.2 Å². The highest BCUT2D eigenvalue weighted by atomic mass is 32.2. The molecule has 0 bridgehead atoms. The Morgan fingerprint density at radius 1 is 1.03 bits per heavy atom. The number of nitrogens with one attached hydrogen (secondary N) is 2. The van der Waals surface area contributed by atoms with E-state index in [-0.39, 0.29) is 23.0 Å². The van der Waals surface area contributed by atoms with Gasteiger partial charge in [-0.15, -0.1) is 0 Å². The van der Waals surface area contributed by atoms with Gasteiger partial charge >= 0.3 is 0 Å². The second kappa shape index (κ2) is 10.0. The number of anilines is 1. The summed E-state index contributed by atoms with van der Waals surface area (Å²) in [7, 11) is -2.27. The first-order chi connectivity index (χ1) is 13.8. The molecule has 0 aliphatic heterocycles. The van der Waals surface area contributed by atoms with E-state index in [0.29, 0.717) is 24.4 Å². The maximum atomic E-state index is 12.7. The van der Waals surface area contributed by atoms with Crippen LogP contribution in [-0.2, 0) is 14.8 Å². The highest BCUT2D eigenvalue weighted by Gasteiger charge is 2.23. The SMILES string of the molecule is CCN(CC)S(=O)(=O)c1ccc(OC)c(NC(=O)CNC(=O)c2ccccc2)c1. The molecular formula is C20H25N3O5S. The minimum absolute atomic E-state index is 0.0469. The highest BCUT2D eigenvalue weighted by molar-refractivity contribution is 7.89. The number of sulfonamides is 1. The first kappa shape index (κ1) is 22.4. The van der Waals surface area contributed by atoms with Crippen LogP contribution in [0.15, 0.2) is 53.4 Å². The molecule has 0 aromatic heterocycles. The molecule has 2 aromatic rings. The predicted octanol–water partition coefficient (Wildman–Crippen LogP) is 2.09. The van der Waals surface area contributed by atoms with Crippen molar-refractivity contribution in [1.29, 1.82) is 0 Å². The van der Waals surface area contributed by atoms with Crippen molar-refractivity contribution in [1.82, 2.24) is 9.62 Å². The number of rotatable bonds is 9. The second-order valence-corrected chi connectivity index (χ2v) is 7.99. The Kier molecular flexibility index (Phi) is 7.74. The van der Waals surface area contributed by atoms with Crippen molar-refractivity contribution in [2.75, 3.05) is 32.1 Å². The molecule has 156 valence electrons. The summed E-state index contributed by atoms with van der Waals surface area (Å²) < 4.78 is 32.0. The Hall–Kier alpha value is -2.91. The average Bonchev–Trinajstić information content (AvgIpc) is 2.73. The van der Waals surface area contributed by atoms with Crippen LogP contribution in [0, 0.1) is 0 Å². The molecule has 0 fully saturated rings. The number of carbonyl (C=O) groups is 2. The summed E-state index contributed by atoms with van der Waals surface area (Å²) in [6.07, 6.45) is 0. The van der Waals surface area contributed by atoms with E-state index in [1.54, 1.807) is 44.2 Å². The third-order valence-corrected chi connectivity index (χ3v) is 6.28. The molecule has 9 heteroatoms. The lowest BCUT2D eigenvalue weighted by molar-refractivity contribution is -0.115. The highest BCUT2D eigenvalue weighted by Crippen LogP contribution is 2.28. The van der Waals surface area contributed by atoms with Gasteiger partial charge in [0.05, 0.1) is 24.2 Å². The minimum atomic E-state index is -3.69. The fourth-order valence-electron chi connectivity index (χ4n) is 2.70. The number of hydrogen-bond donors (Lipinski definition) is 2. The van der Waals surface area contributed by atoms with Crippen LogP contribution in [-0.4, -0.2) is 51.3 Å². The number of benzene rings is 2. The summed E-state index contributed by atoms with van der Waals surface area (Å²) in [5, 5.41) is 5.11. The molecule has 0 saturated carbocycles. The van der Waals surface area contributed by atoms with Crippen molar-refractivity contribution in [3.05, 3.63) is 54.1 Å². The Balaban J connectivity index is 2.14. The molecule has 0 radical (unpaired) electrons. The second-order valence-electron chi connectivity index (χ2n) is 6.05. The number of hydrogen-bond acceptors (Lipinski definition) is 5. The molecule has 0 saturated heterocycles. The van der Waals surface area contributed by atoms with Gasteiger partial charge in [-0.3, -0.25) is 9.59 Å². The number of amides is 2. The van der Waals surface area contributed by atoms with Gasteiger partial charge in [-0.1, -0.05) is 32.0 Å². The van der Waals surface area contributed by atoms with E-state index in [9.17, 15) is 18.0 Å². The van der Waals surface area contributed by atoms with Gasteiger partial charge in [0.1, 0.15) is 5.75 Å². The summed E-state index contributed by atoms with van der Waals surface area (Å²) >= 11 is 0. The first-order valence-electron chi connectivity index (χ1n) is 9.14. The number of nitrogens with zero attached hydrogens (tertiary/aromatic N) is 1. The van der Waals surface area contributed by atoms with Crippen LogP contribution in [0.3, 0.4) is 0 Å². The Labute approximate surface area is 170 Å². The quantitative estimate of drug-likeness (QED) is 0.648. The van der Waals surface area contributed by atoms with Crippen LogP contribution in [0.25, 0.3) is 0 Å². The van der Waals surface area contributed by atoms with Crippen molar-refractivity contribution in [3.8, 4) is 5.75 Å². The molecule has 0 aliphatic rings. The van der Waals surface area contributed by atoms with Crippen LogP contribution < -0.4 is 15.4 Å². The van der Waals surface area contributed by atoms with E-state index in [1.165, 1.54) is 29.6 Å². The van der Waals surface area contributed by atoms with Crippen molar-refractivity contribution >= 4 is 27.5 Å². The smallest absolute Gasteiger partial charge is 0.251 e. The van der Waals surface area contributed by atoms with E-state index in [2.05, 4.69) is 10.6 Å². The van der Waals surface area contributed by atoms with Gasteiger partial charge < -0.3 is 15.4 Å². The zero-order valence-corrected chi connectivity index (χ0v) is 17.5. The maximum Gasteiger partial charge on any atom is 0.251 e. The lowest BCUT2D eigenvalue weighted by Crippen LogP contribution is -2.33. The monoisotopic (exact) mass is 419 g/mol. The molecule has 29 heavy (non-hydrogen) atoms. The molecule has 0 aliphatic carbocycles. The van der Waals surface area contributed by atoms with E-state index >= 15 is 0 Å². The van der Waals surface area contributed by atoms with E-state index in [0.717, 1.165) is 0 Å². The van der Waals surface area contributed by atoms with Gasteiger partial charge in [-0.25, -0.2) is 8.42 Å². The van der Waals surface area contributed by atoms with Crippen LogP contribution in [0.5, 0.6) is 5.75 Å². The largest absolute Gasteiger partial charge is 0.495 e. The minimum Gasteiger partial charge on any atom is -0.495 e.